The molecule has 0 radical (unpaired) electrons. The summed E-state index contributed by atoms with van der Waals surface area (Å²) < 4.78 is 0. The highest BCUT2D eigenvalue weighted by molar-refractivity contribution is 8.03. The number of benzene rings is 1. The van der Waals surface area contributed by atoms with Crippen molar-refractivity contribution in [2.24, 2.45) is 0 Å². The Kier molecular flexibility index (Phi) is 9.07. The Morgan fingerprint density at radius 1 is 0.960 bits per heavy atom. The van der Waals surface area contributed by atoms with Gasteiger partial charge in [0.15, 0.2) is 0 Å². The van der Waals surface area contributed by atoms with Gasteiger partial charge >= 0.3 is 0 Å². The van der Waals surface area contributed by atoms with Crippen LogP contribution in [0.25, 0.3) is 0 Å². The van der Waals surface area contributed by atoms with E-state index < -0.39 is 12.2 Å². The molecule has 1 aliphatic carbocycles. The Labute approximate surface area is 159 Å². The fourth-order valence-electron chi connectivity index (χ4n) is 2.68. The molecule has 3 nitrogen and oxygen atoms in total. The number of allylic oxidation sites excluding steroid dienone is 4. The Morgan fingerprint density at radius 3 is 2.28 bits per heavy atom. The van der Waals surface area contributed by atoms with E-state index in [1.165, 1.54) is 20.9 Å². The van der Waals surface area contributed by atoms with Crippen molar-refractivity contribution in [3.63, 3.8) is 0 Å². The molecule has 1 aliphatic rings. The number of aryl methyl sites for hydroxylation is 1. The zero-order valence-electron chi connectivity index (χ0n) is 14.4. The SMILES string of the molecule is OCC(O)CCC1=CC=C(Sc2ccc(CCC(O)CCl)cc2)CC1. The van der Waals surface area contributed by atoms with Crippen LogP contribution in [0.2, 0.25) is 0 Å². The third kappa shape index (κ3) is 7.55. The molecular formula is C20H27ClO3S. The van der Waals surface area contributed by atoms with Crippen molar-refractivity contribution >= 4 is 23.4 Å². The molecule has 0 saturated carbocycles. The minimum atomic E-state index is -0.607. The van der Waals surface area contributed by atoms with Gasteiger partial charge in [-0.15, -0.1) is 11.6 Å². The molecule has 2 atom stereocenters. The van der Waals surface area contributed by atoms with Gasteiger partial charge in [-0.2, -0.15) is 0 Å². The van der Waals surface area contributed by atoms with Crippen molar-refractivity contribution in [1.29, 1.82) is 0 Å². The molecule has 0 fully saturated rings. The highest BCUT2D eigenvalue weighted by Crippen LogP contribution is 2.34. The average Bonchev–Trinajstić information content (AvgIpc) is 2.66. The van der Waals surface area contributed by atoms with E-state index in [1.54, 1.807) is 11.8 Å². The summed E-state index contributed by atoms with van der Waals surface area (Å²) in [5.74, 6) is 0.288. The van der Waals surface area contributed by atoms with Gasteiger partial charge in [-0.05, 0) is 61.1 Å². The van der Waals surface area contributed by atoms with Crippen LogP contribution in [0.3, 0.4) is 0 Å². The first-order valence-corrected chi connectivity index (χ1v) is 10.1. The van der Waals surface area contributed by atoms with Crippen molar-refractivity contribution in [2.75, 3.05) is 12.5 Å². The second kappa shape index (κ2) is 11.0. The van der Waals surface area contributed by atoms with E-state index in [0.29, 0.717) is 12.8 Å². The van der Waals surface area contributed by atoms with Gasteiger partial charge in [0, 0.05) is 10.8 Å². The highest BCUT2D eigenvalue weighted by Gasteiger charge is 2.10. The van der Waals surface area contributed by atoms with Crippen LogP contribution >= 0.6 is 23.4 Å². The van der Waals surface area contributed by atoms with Crippen molar-refractivity contribution in [2.45, 2.75) is 55.6 Å². The monoisotopic (exact) mass is 382 g/mol. The lowest BCUT2D eigenvalue weighted by Crippen LogP contribution is -2.11. The molecule has 0 aromatic heterocycles. The number of thioether (sulfide) groups is 1. The number of rotatable bonds is 10. The van der Waals surface area contributed by atoms with Gasteiger partial charge in [0.25, 0.3) is 0 Å². The molecule has 1 aromatic rings. The standard InChI is InChI=1S/C20H27ClO3S/c21-13-17(23)7-1-15-3-9-19(10-4-15)25-20-11-5-16(6-12-20)2-8-18(24)14-22/h3-5,9-11,17-18,22-24H,1-2,6-8,12-14H2. The normalized spacial score (nSPS) is 17.0. The summed E-state index contributed by atoms with van der Waals surface area (Å²) in [6, 6.07) is 8.49. The molecule has 0 aliphatic heterocycles. The Balaban J connectivity index is 1.82. The molecule has 3 N–H and O–H groups in total. The summed E-state index contributed by atoms with van der Waals surface area (Å²) >= 11 is 7.41. The predicted molar refractivity (Wildman–Crippen MR) is 105 cm³/mol. The van der Waals surface area contributed by atoms with Gasteiger partial charge in [0.05, 0.1) is 18.8 Å². The fourth-order valence-corrected chi connectivity index (χ4v) is 3.75. The second-order valence-electron chi connectivity index (χ2n) is 6.43. The number of halogens is 1. The number of alkyl halides is 1. The number of hydrogen-bond donors (Lipinski definition) is 3. The van der Waals surface area contributed by atoms with Crippen LogP contribution in [0, 0.1) is 0 Å². The van der Waals surface area contributed by atoms with Crippen molar-refractivity contribution < 1.29 is 15.3 Å². The van der Waals surface area contributed by atoms with Gasteiger partial charge < -0.3 is 15.3 Å². The van der Waals surface area contributed by atoms with Crippen LogP contribution in [-0.2, 0) is 6.42 Å². The Bertz CT molecular complexity index is 583. The summed E-state index contributed by atoms with van der Waals surface area (Å²) in [5, 5.41) is 27.8. The van der Waals surface area contributed by atoms with E-state index in [0.717, 1.165) is 25.7 Å². The molecule has 25 heavy (non-hydrogen) atoms. The predicted octanol–water partition coefficient (Wildman–Crippen LogP) is 4.05. The topological polar surface area (TPSA) is 60.7 Å². The molecule has 2 unspecified atom stereocenters. The molecule has 0 spiro atoms. The highest BCUT2D eigenvalue weighted by atomic mass is 35.5. The second-order valence-corrected chi connectivity index (χ2v) is 7.93. The summed E-state index contributed by atoms with van der Waals surface area (Å²) in [4.78, 5) is 2.57. The van der Waals surface area contributed by atoms with E-state index in [-0.39, 0.29) is 12.5 Å². The van der Waals surface area contributed by atoms with E-state index in [2.05, 4.69) is 36.4 Å². The molecule has 0 saturated heterocycles. The average molecular weight is 383 g/mol. The van der Waals surface area contributed by atoms with Crippen LogP contribution in [0.5, 0.6) is 0 Å². The zero-order valence-corrected chi connectivity index (χ0v) is 16.0. The van der Waals surface area contributed by atoms with E-state index in [9.17, 15) is 10.2 Å². The molecule has 0 amide bonds. The molecular weight excluding hydrogens is 356 g/mol. The zero-order chi connectivity index (χ0) is 18.1. The lowest BCUT2D eigenvalue weighted by Gasteiger charge is -2.15. The van der Waals surface area contributed by atoms with Crippen molar-refractivity contribution in [1.82, 2.24) is 0 Å². The first kappa shape index (κ1) is 20.5. The molecule has 0 bridgehead atoms. The Hall–Kier alpha value is -0.780. The molecule has 0 heterocycles. The minimum Gasteiger partial charge on any atom is -0.394 e. The first-order chi connectivity index (χ1) is 12.1. The number of hydrogen-bond acceptors (Lipinski definition) is 4. The van der Waals surface area contributed by atoms with E-state index in [1.807, 2.05) is 0 Å². The first-order valence-electron chi connectivity index (χ1n) is 8.79. The van der Waals surface area contributed by atoms with Gasteiger partial charge in [-0.25, -0.2) is 0 Å². The summed E-state index contributed by atoms with van der Waals surface area (Å²) in [6.07, 6.45) is 8.33. The number of aliphatic hydroxyl groups excluding tert-OH is 3. The van der Waals surface area contributed by atoms with Crippen molar-refractivity contribution in [3.8, 4) is 0 Å². The lowest BCUT2D eigenvalue weighted by molar-refractivity contribution is 0.0884. The maximum atomic E-state index is 9.52. The summed E-state index contributed by atoms with van der Waals surface area (Å²) in [5.41, 5.74) is 2.56. The van der Waals surface area contributed by atoms with Crippen LogP contribution < -0.4 is 0 Å². The van der Waals surface area contributed by atoms with Crippen LogP contribution in [0.15, 0.2) is 51.8 Å². The van der Waals surface area contributed by atoms with Gasteiger partial charge in [-0.3, -0.25) is 0 Å². The van der Waals surface area contributed by atoms with Crippen LogP contribution in [0.4, 0.5) is 0 Å². The van der Waals surface area contributed by atoms with Crippen molar-refractivity contribution in [3.05, 3.63) is 52.5 Å². The van der Waals surface area contributed by atoms with E-state index >= 15 is 0 Å². The molecule has 1 aromatic carbocycles. The third-order valence-electron chi connectivity index (χ3n) is 4.32. The molecule has 138 valence electrons. The van der Waals surface area contributed by atoms with Gasteiger partial charge in [0.1, 0.15) is 0 Å². The van der Waals surface area contributed by atoms with E-state index in [4.69, 9.17) is 16.7 Å². The van der Waals surface area contributed by atoms with Crippen LogP contribution in [0.1, 0.15) is 37.7 Å². The third-order valence-corrected chi connectivity index (χ3v) is 5.79. The quantitative estimate of drug-likeness (QED) is 0.534. The largest absolute Gasteiger partial charge is 0.394 e. The van der Waals surface area contributed by atoms with Gasteiger partial charge in [-0.1, -0.05) is 41.6 Å². The molecule has 2 rings (SSSR count). The maximum Gasteiger partial charge on any atom is 0.0774 e. The lowest BCUT2D eigenvalue weighted by atomic mass is 9.99. The Morgan fingerprint density at radius 2 is 1.68 bits per heavy atom. The maximum absolute atomic E-state index is 9.52. The number of aliphatic hydroxyl groups is 3. The summed E-state index contributed by atoms with van der Waals surface area (Å²) in [7, 11) is 0. The van der Waals surface area contributed by atoms with Crippen LogP contribution in [-0.4, -0.2) is 40.0 Å². The molecule has 5 heteroatoms. The van der Waals surface area contributed by atoms with Gasteiger partial charge in [0.2, 0.25) is 0 Å². The minimum absolute atomic E-state index is 0.162. The summed E-state index contributed by atoms with van der Waals surface area (Å²) in [6.45, 7) is -0.162. The fraction of sp³-hybridized carbons (Fsp3) is 0.500. The smallest absolute Gasteiger partial charge is 0.0774 e.